The Balaban J connectivity index is 1.14. The minimum absolute atomic E-state index is 0.0271. The summed E-state index contributed by atoms with van der Waals surface area (Å²) in [5, 5.41) is 0. The number of esters is 3. The summed E-state index contributed by atoms with van der Waals surface area (Å²) in [6.07, 6.45) is 5.61. The molecule has 0 radical (unpaired) electrons. The second-order valence-electron chi connectivity index (χ2n) is 13.8. The van der Waals surface area contributed by atoms with Crippen LogP contribution in [-0.2, 0) is 28.6 Å². The average molecular weight is 601 g/mol. The lowest BCUT2D eigenvalue weighted by Gasteiger charge is -2.50. The third-order valence-electron chi connectivity index (χ3n) is 11.5. The summed E-state index contributed by atoms with van der Waals surface area (Å²) in [5.41, 5.74) is 1.93. The standard InChI is InChI=1S/C36H44N2O6/c1-21(39)42-30-19-26-18-28(20-29(30)38(26)3)44-36(41)34-31(22-10-6-4-7-11-22)33(32(34)23-12-8-5-9-13-23)35(40)43-27-16-24-14-15-25(17-27)37(24)2/h4-13,24-34H,14-20H2,1-3H3/t24-,25+,26-,27?,28+,29+,30-,31-,32+,33?,34?/m1/s1. The van der Waals surface area contributed by atoms with E-state index >= 15 is 0 Å². The van der Waals surface area contributed by atoms with Crippen LogP contribution in [0.4, 0.5) is 0 Å². The van der Waals surface area contributed by atoms with Crippen molar-refractivity contribution >= 4 is 17.9 Å². The van der Waals surface area contributed by atoms with E-state index in [-0.39, 0.29) is 60.1 Å². The minimum Gasteiger partial charge on any atom is -0.462 e. The molecule has 11 atom stereocenters. The van der Waals surface area contributed by atoms with Crippen molar-refractivity contribution in [3.63, 3.8) is 0 Å². The molecule has 234 valence electrons. The molecule has 3 unspecified atom stereocenters. The number of benzene rings is 2. The predicted octanol–water partition coefficient (Wildman–Crippen LogP) is 4.68. The highest BCUT2D eigenvalue weighted by atomic mass is 16.6. The Morgan fingerprint density at radius 1 is 0.614 bits per heavy atom. The number of carbonyl (C=O) groups is 3. The maximum Gasteiger partial charge on any atom is 0.310 e. The highest BCUT2D eigenvalue weighted by molar-refractivity contribution is 5.85. The zero-order chi connectivity index (χ0) is 30.5. The molecule has 44 heavy (non-hydrogen) atoms. The quantitative estimate of drug-likeness (QED) is 0.335. The first kappa shape index (κ1) is 29.5. The van der Waals surface area contributed by atoms with Crippen molar-refractivity contribution in [1.82, 2.24) is 9.80 Å². The van der Waals surface area contributed by atoms with E-state index in [0.29, 0.717) is 24.9 Å². The van der Waals surface area contributed by atoms with Crippen molar-refractivity contribution in [2.75, 3.05) is 14.1 Å². The number of carbonyl (C=O) groups excluding carboxylic acids is 3. The first-order valence-corrected chi connectivity index (χ1v) is 16.4. The molecule has 0 N–H and O–H groups in total. The molecule has 0 spiro atoms. The number of piperidine rings is 2. The molecule has 1 saturated carbocycles. The van der Waals surface area contributed by atoms with Gasteiger partial charge in [0, 0.05) is 56.1 Å². The summed E-state index contributed by atoms with van der Waals surface area (Å²) in [7, 11) is 4.25. The van der Waals surface area contributed by atoms with E-state index < -0.39 is 11.8 Å². The maximum atomic E-state index is 14.2. The third kappa shape index (κ3) is 5.34. The van der Waals surface area contributed by atoms with Crippen molar-refractivity contribution in [2.24, 2.45) is 11.8 Å². The average Bonchev–Trinajstić information content (AvgIpc) is 3.27. The summed E-state index contributed by atoms with van der Waals surface area (Å²) >= 11 is 0. The molecule has 8 heteroatoms. The van der Waals surface area contributed by atoms with Crippen molar-refractivity contribution < 1.29 is 28.6 Å². The summed E-state index contributed by atoms with van der Waals surface area (Å²) < 4.78 is 18.3. The molecular weight excluding hydrogens is 556 g/mol. The fourth-order valence-corrected chi connectivity index (χ4v) is 9.27. The number of nitrogens with zero attached hydrogens (tertiary/aromatic N) is 2. The fraction of sp³-hybridized carbons (Fsp3) is 0.583. The third-order valence-corrected chi connectivity index (χ3v) is 11.5. The number of rotatable bonds is 7. The molecule has 8 nitrogen and oxygen atoms in total. The predicted molar refractivity (Wildman–Crippen MR) is 164 cm³/mol. The monoisotopic (exact) mass is 600 g/mol. The summed E-state index contributed by atoms with van der Waals surface area (Å²) in [4.78, 5) is 44.8. The van der Waals surface area contributed by atoms with Crippen LogP contribution < -0.4 is 0 Å². The normalized spacial score (nSPS) is 38.0. The van der Waals surface area contributed by atoms with Gasteiger partial charge in [0.15, 0.2) is 0 Å². The van der Waals surface area contributed by atoms with E-state index in [1.54, 1.807) is 0 Å². The van der Waals surface area contributed by atoms with E-state index in [0.717, 1.165) is 43.2 Å². The van der Waals surface area contributed by atoms with E-state index in [1.165, 1.54) is 6.92 Å². The van der Waals surface area contributed by atoms with Gasteiger partial charge < -0.3 is 19.1 Å². The number of likely N-dealkylation sites (N-methyl/N-ethyl adjacent to an activating group) is 1. The molecular formula is C36H44N2O6. The molecule has 4 heterocycles. The number of hydrogen-bond acceptors (Lipinski definition) is 8. The van der Waals surface area contributed by atoms with Crippen LogP contribution in [0, 0.1) is 11.8 Å². The smallest absolute Gasteiger partial charge is 0.310 e. The minimum atomic E-state index is -0.507. The molecule has 4 saturated heterocycles. The van der Waals surface area contributed by atoms with Crippen LogP contribution in [0.25, 0.3) is 0 Å². The molecule has 2 aromatic rings. The van der Waals surface area contributed by atoms with Gasteiger partial charge in [-0.15, -0.1) is 0 Å². The SMILES string of the molecule is CC(=O)O[C@@H]1C[C@H]2C[C@H](OC(=O)C3[C@H](c4ccccc4)C(C(=O)OC4C[C@H]5CC[C@@H](C4)N5C)[C@@H]3c3ccccc3)C[C@@H]1N2C. The Bertz CT molecular complexity index is 1310. The molecule has 4 bridgehead atoms. The van der Waals surface area contributed by atoms with Gasteiger partial charge in [0.2, 0.25) is 0 Å². The lowest BCUT2D eigenvalue weighted by atomic mass is 9.52. The lowest BCUT2D eigenvalue weighted by Crippen LogP contribution is -2.54. The van der Waals surface area contributed by atoms with Gasteiger partial charge in [-0.05, 0) is 50.9 Å². The second-order valence-corrected chi connectivity index (χ2v) is 13.8. The summed E-state index contributed by atoms with van der Waals surface area (Å²) in [6.45, 7) is 1.45. The van der Waals surface area contributed by atoms with E-state index in [9.17, 15) is 14.4 Å². The number of fused-ring (bicyclic) bond motifs is 4. The Kier molecular flexibility index (Phi) is 8.00. The maximum absolute atomic E-state index is 14.2. The van der Waals surface area contributed by atoms with Crippen LogP contribution >= 0.6 is 0 Å². The van der Waals surface area contributed by atoms with Crippen molar-refractivity contribution in [1.29, 1.82) is 0 Å². The Morgan fingerprint density at radius 3 is 1.59 bits per heavy atom. The number of hydrogen-bond donors (Lipinski definition) is 0. The number of ether oxygens (including phenoxy) is 3. The lowest BCUT2D eigenvalue weighted by molar-refractivity contribution is -0.177. The van der Waals surface area contributed by atoms with Gasteiger partial charge in [0.1, 0.15) is 18.3 Å². The van der Waals surface area contributed by atoms with Crippen LogP contribution in [0.1, 0.15) is 74.8 Å². The van der Waals surface area contributed by atoms with Gasteiger partial charge in [-0.25, -0.2) is 0 Å². The summed E-state index contributed by atoms with van der Waals surface area (Å²) in [6, 6.07) is 21.0. The molecule has 5 aliphatic rings. The van der Waals surface area contributed by atoms with Crippen molar-refractivity contribution in [3.8, 4) is 0 Å². The first-order valence-electron chi connectivity index (χ1n) is 16.4. The highest BCUT2D eigenvalue weighted by Crippen LogP contribution is 2.59. The molecule has 4 aliphatic heterocycles. The molecule has 2 aromatic carbocycles. The van der Waals surface area contributed by atoms with Crippen LogP contribution in [0.5, 0.6) is 0 Å². The van der Waals surface area contributed by atoms with Gasteiger partial charge in [-0.3, -0.25) is 19.3 Å². The van der Waals surface area contributed by atoms with Gasteiger partial charge in [0.25, 0.3) is 0 Å². The summed E-state index contributed by atoms with van der Waals surface area (Å²) in [5.74, 6) is -2.38. The van der Waals surface area contributed by atoms with Gasteiger partial charge in [0.05, 0.1) is 17.9 Å². The zero-order valence-corrected chi connectivity index (χ0v) is 25.9. The topological polar surface area (TPSA) is 85.4 Å². The fourth-order valence-electron chi connectivity index (χ4n) is 9.27. The molecule has 1 aliphatic carbocycles. The molecule has 7 rings (SSSR count). The molecule has 0 amide bonds. The van der Waals surface area contributed by atoms with E-state index in [4.69, 9.17) is 14.2 Å². The van der Waals surface area contributed by atoms with Crippen molar-refractivity contribution in [3.05, 3.63) is 71.8 Å². The Hall–Kier alpha value is -3.23. The van der Waals surface area contributed by atoms with Gasteiger partial charge in [-0.2, -0.15) is 0 Å². The Morgan fingerprint density at radius 2 is 1.09 bits per heavy atom. The molecule has 0 aromatic heterocycles. The van der Waals surface area contributed by atoms with Crippen LogP contribution in [0.3, 0.4) is 0 Å². The van der Waals surface area contributed by atoms with Gasteiger partial charge >= 0.3 is 17.9 Å². The van der Waals surface area contributed by atoms with Crippen molar-refractivity contribution in [2.45, 2.75) is 106 Å². The van der Waals surface area contributed by atoms with Crippen LogP contribution in [-0.4, -0.2) is 84.3 Å². The largest absolute Gasteiger partial charge is 0.462 e. The Labute approximate surface area is 260 Å². The van der Waals surface area contributed by atoms with E-state index in [1.807, 2.05) is 60.7 Å². The first-order chi connectivity index (χ1) is 21.3. The van der Waals surface area contributed by atoms with Crippen LogP contribution in [0.15, 0.2) is 60.7 Å². The second kappa shape index (κ2) is 11.9. The van der Waals surface area contributed by atoms with Crippen LogP contribution in [0.2, 0.25) is 0 Å². The molecule has 5 fully saturated rings. The van der Waals surface area contributed by atoms with Gasteiger partial charge in [-0.1, -0.05) is 60.7 Å². The van der Waals surface area contributed by atoms with E-state index in [2.05, 4.69) is 23.9 Å². The zero-order valence-electron chi connectivity index (χ0n) is 25.9. The highest BCUT2D eigenvalue weighted by Gasteiger charge is 2.60.